The quantitative estimate of drug-likeness (QED) is 0.579. The molecule has 4 atom stereocenters. The van der Waals surface area contributed by atoms with Crippen molar-refractivity contribution in [1.82, 2.24) is 5.16 Å². The molecule has 2 saturated carbocycles. The van der Waals surface area contributed by atoms with E-state index in [9.17, 15) is 19.2 Å². The molecule has 2 aromatic rings. The molecule has 3 fully saturated rings. The van der Waals surface area contributed by atoms with Gasteiger partial charge in [-0.15, -0.1) is 0 Å². The molecule has 0 radical (unpaired) electrons. The third kappa shape index (κ3) is 3.30. The molecule has 160 valence electrons. The maximum atomic E-state index is 12.9. The van der Waals surface area contributed by atoms with Crippen molar-refractivity contribution >= 4 is 35.2 Å². The zero-order valence-corrected chi connectivity index (χ0v) is 16.9. The van der Waals surface area contributed by atoms with Gasteiger partial charge in [-0.3, -0.25) is 19.3 Å². The van der Waals surface area contributed by atoms with E-state index in [1.54, 1.807) is 25.1 Å². The van der Waals surface area contributed by atoms with Gasteiger partial charge in [0.15, 0.2) is 12.4 Å². The van der Waals surface area contributed by atoms with Crippen molar-refractivity contribution in [2.24, 2.45) is 23.7 Å². The Hall–Kier alpha value is -3.49. The molecule has 9 nitrogen and oxygen atoms in total. The lowest BCUT2D eigenvalue weighted by Crippen LogP contribution is -2.32. The van der Waals surface area contributed by atoms with E-state index in [4.69, 9.17) is 9.26 Å². The maximum absolute atomic E-state index is 12.9. The third-order valence-electron chi connectivity index (χ3n) is 6.52. The minimum absolute atomic E-state index is 0.128. The first-order chi connectivity index (χ1) is 14.9. The Morgan fingerprint density at radius 1 is 1.13 bits per heavy atom. The predicted octanol–water partition coefficient (Wildman–Crippen LogP) is 2.31. The molecule has 3 amide bonds. The van der Waals surface area contributed by atoms with Gasteiger partial charge in [-0.1, -0.05) is 5.16 Å². The Balaban J connectivity index is 1.21. The van der Waals surface area contributed by atoms with E-state index in [1.165, 1.54) is 17.0 Å². The summed E-state index contributed by atoms with van der Waals surface area (Å²) < 4.78 is 9.86. The van der Waals surface area contributed by atoms with Gasteiger partial charge < -0.3 is 14.6 Å². The molecule has 2 aliphatic carbocycles. The number of benzene rings is 1. The number of hydrogen-bond acceptors (Lipinski definition) is 7. The average Bonchev–Trinajstić information content (AvgIpc) is 3.52. The van der Waals surface area contributed by atoms with Crippen molar-refractivity contribution in [2.45, 2.75) is 26.2 Å². The van der Waals surface area contributed by atoms with Crippen LogP contribution in [0, 0.1) is 30.6 Å². The summed E-state index contributed by atoms with van der Waals surface area (Å²) in [4.78, 5) is 51.1. The number of carbonyl (C=O) groups excluding carboxylic acids is 4. The minimum atomic E-state index is -0.688. The van der Waals surface area contributed by atoms with Gasteiger partial charge in [0.2, 0.25) is 11.8 Å². The number of imide groups is 1. The second kappa shape index (κ2) is 7.33. The molecule has 31 heavy (non-hydrogen) atoms. The topological polar surface area (TPSA) is 119 Å². The predicted molar refractivity (Wildman–Crippen MR) is 107 cm³/mol. The monoisotopic (exact) mass is 423 g/mol. The number of carbonyl (C=O) groups is 4. The van der Waals surface area contributed by atoms with Crippen LogP contribution >= 0.6 is 0 Å². The fraction of sp³-hybridized carbons (Fsp3) is 0.409. The van der Waals surface area contributed by atoms with Crippen LogP contribution in [0.2, 0.25) is 0 Å². The highest BCUT2D eigenvalue weighted by atomic mass is 16.5. The van der Waals surface area contributed by atoms with Crippen molar-refractivity contribution in [3.8, 4) is 0 Å². The SMILES string of the molecule is Cc1cc(NC(=O)COC(=O)c2ccc(N3C(=O)[C@H]4[C@H]5CC[C@@H](C5)[C@@H]4C3=O)cc2)no1. The number of nitrogens with one attached hydrogen (secondary N) is 1. The zero-order chi connectivity index (χ0) is 21.7. The molecule has 5 rings (SSSR count). The summed E-state index contributed by atoms with van der Waals surface area (Å²) in [7, 11) is 0. The van der Waals surface area contributed by atoms with Gasteiger partial charge >= 0.3 is 5.97 Å². The molecule has 1 saturated heterocycles. The van der Waals surface area contributed by atoms with Crippen molar-refractivity contribution < 1.29 is 28.4 Å². The number of aromatic nitrogens is 1. The van der Waals surface area contributed by atoms with Gasteiger partial charge in [0.05, 0.1) is 23.1 Å². The number of esters is 1. The molecule has 1 aromatic heterocycles. The van der Waals surface area contributed by atoms with Crippen LogP contribution in [0.25, 0.3) is 0 Å². The summed E-state index contributed by atoms with van der Waals surface area (Å²) in [6, 6.07) is 7.64. The standard InChI is InChI=1S/C22H21N3O6/c1-11-8-16(24-31-11)23-17(26)10-30-22(29)12-4-6-15(7-5-12)25-20(27)18-13-2-3-14(9-13)19(18)21(25)28/h4-8,13-14,18-19H,2-3,9-10H2,1H3,(H,23,24,26)/t13-,14-,18-,19-/m0/s1. The van der Waals surface area contributed by atoms with Crippen molar-refractivity contribution in [3.63, 3.8) is 0 Å². The second-order valence-corrected chi connectivity index (χ2v) is 8.39. The van der Waals surface area contributed by atoms with Gasteiger partial charge in [-0.25, -0.2) is 4.79 Å². The Labute approximate surface area is 177 Å². The fourth-order valence-electron chi connectivity index (χ4n) is 5.23. The van der Waals surface area contributed by atoms with E-state index < -0.39 is 18.5 Å². The van der Waals surface area contributed by atoms with E-state index in [-0.39, 0.29) is 35.0 Å². The molecule has 3 aliphatic rings. The number of hydrogen-bond donors (Lipinski definition) is 1. The van der Waals surface area contributed by atoms with Gasteiger partial charge in [0.1, 0.15) is 5.76 Å². The Kier molecular flexibility index (Phi) is 4.60. The second-order valence-electron chi connectivity index (χ2n) is 8.39. The summed E-state index contributed by atoms with van der Waals surface area (Å²) in [6.07, 6.45) is 3.02. The van der Waals surface area contributed by atoms with Crippen molar-refractivity contribution in [2.75, 3.05) is 16.8 Å². The van der Waals surface area contributed by atoms with E-state index in [0.29, 0.717) is 23.3 Å². The summed E-state index contributed by atoms with van der Waals surface area (Å²) in [5.41, 5.74) is 0.674. The number of anilines is 2. The molecule has 0 unspecified atom stereocenters. The highest BCUT2D eigenvalue weighted by molar-refractivity contribution is 6.22. The molecule has 2 bridgehead atoms. The van der Waals surface area contributed by atoms with Gasteiger partial charge in [0, 0.05) is 6.07 Å². The van der Waals surface area contributed by atoms with E-state index in [2.05, 4.69) is 10.5 Å². The highest BCUT2D eigenvalue weighted by Crippen LogP contribution is 2.56. The molecular weight excluding hydrogens is 402 g/mol. The highest BCUT2D eigenvalue weighted by Gasteiger charge is 2.61. The Morgan fingerprint density at radius 2 is 1.77 bits per heavy atom. The summed E-state index contributed by atoms with van der Waals surface area (Å²) in [6.45, 7) is 1.20. The van der Waals surface area contributed by atoms with Crippen LogP contribution < -0.4 is 10.2 Å². The number of rotatable bonds is 5. The lowest BCUT2D eigenvalue weighted by atomic mass is 9.81. The molecule has 9 heteroatoms. The average molecular weight is 423 g/mol. The van der Waals surface area contributed by atoms with Gasteiger partial charge in [-0.2, -0.15) is 0 Å². The first-order valence-corrected chi connectivity index (χ1v) is 10.3. The molecule has 2 heterocycles. The van der Waals surface area contributed by atoms with Gasteiger partial charge in [-0.05, 0) is 62.3 Å². The summed E-state index contributed by atoms with van der Waals surface area (Å²) in [5.74, 6) is -0.462. The maximum Gasteiger partial charge on any atom is 0.338 e. The van der Waals surface area contributed by atoms with E-state index in [0.717, 1.165) is 19.3 Å². The molecular formula is C22H21N3O6. The Morgan fingerprint density at radius 3 is 2.35 bits per heavy atom. The zero-order valence-electron chi connectivity index (χ0n) is 16.9. The van der Waals surface area contributed by atoms with Crippen LogP contribution in [0.15, 0.2) is 34.9 Å². The molecule has 1 N–H and O–H groups in total. The number of fused-ring (bicyclic) bond motifs is 5. The third-order valence-corrected chi connectivity index (χ3v) is 6.52. The minimum Gasteiger partial charge on any atom is -0.452 e. The van der Waals surface area contributed by atoms with Crippen LogP contribution in [0.1, 0.15) is 35.4 Å². The van der Waals surface area contributed by atoms with Crippen LogP contribution in [-0.2, 0) is 19.1 Å². The van der Waals surface area contributed by atoms with Crippen LogP contribution in [0.3, 0.4) is 0 Å². The summed E-state index contributed by atoms with van der Waals surface area (Å²) in [5, 5.41) is 6.08. The molecule has 1 aliphatic heterocycles. The smallest absolute Gasteiger partial charge is 0.338 e. The number of amides is 3. The van der Waals surface area contributed by atoms with Crippen molar-refractivity contribution in [3.05, 3.63) is 41.7 Å². The molecule has 1 aromatic carbocycles. The van der Waals surface area contributed by atoms with Crippen LogP contribution in [-0.4, -0.2) is 35.5 Å². The largest absolute Gasteiger partial charge is 0.452 e. The lowest BCUT2D eigenvalue weighted by molar-refractivity contribution is -0.123. The summed E-state index contributed by atoms with van der Waals surface area (Å²) >= 11 is 0. The van der Waals surface area contributed by atoms with Gasteiger partial charge in [0.25, 0.3) is 5.91 Å². The van der Waals surface area contributed by atoms with Crippen molar-refractivity contribution in [1.29, 1.82) is 0 Å². The molecule has 0 spiro atoms. The van der Waals surface area contributed by atoms with Crippen LogP contribution in [0.4, 0.5) is 11.5 Å². The number of ether oxygens (including phenoxy) is 1. The number of nitrogens with zero attached hydrogens (tertiary/aromatic N) is 2. The normalized spacial score (nSPS) is 26.3. The first-order valence-electron chi connectivity index (χ1n) is 10.3. The fourth-order valence-corrected chi connectivity index (χ4v) is 5.23. The number of aryl methyl sites for hydroxylation is 1. The van der Waals surface area contributed by atoms with E-state index >= 15 is 0 Å². The first kappa shape index (κ1) is 19.5. The van der Waals surface area contributed by atoms with E-state index in [1.807, 2.05) is 0 Å². The lowest BCUT2D eigenvalue weighted by Gasteiger charge is -2.19. The van der Waals surface area contributed by atoms with Crippen LogP contribution in [0.5, 0.6) is 0 Å². The Bertz CT molecular complexity index is 1050.